The second kappa shape index (κ2) is 10.2. The molecule has 160 valence electrons. The standard InChI is InChI=1S/C25H28N4O2/c1-31-22-10-4-7-19(16-22)15-21-9-5-11-23(27-21)20-8-6-14-29(17-20)18-25(30)28-24-12-2-3-13-26-24/h2-5,7,9-13,16,20H,6,8,14-15,17-18H2,1H3,(H,26,28,30)/t20-/m1/s1. The predicted molar refractivity (Wildman–Crippen MR) is 121 cm³/mol. The predicted octanol–water partition coefficient (Wildman–Crippen LogP) is 3.89. The van der Waals surface area contributed by atoms with E-state index in [1.807, 2.05) is 24.3 Å². The largest absolute Gasteiger partial charge is 0.497 e. The molecule has 0 radical (unpaired) electrons. The van der Waals surface area contributed by atoms with Crippen molar-refractivity contribution in [2.45, 2.75) is 25.2 Å². The Labute approximate surface area is 183 Å². The zero-order valence-corrected chi connectivity index (χ0v) is 17.8. The zero-order chi connectivity index (χ0) is 21.5. The van der Waals surface area contributed by atoms with E-state index < -0.39 is 0 Å². The second-order valence-electron chi connectivity index (χ2n) is 7.92. The number of nitrogens with one attached hydrogen (secondary N) is 1. The summed E-state index contributed by atoms with van der Waals surface area (Å²) < 4.78 is 5.33. The van der Waals surface area contributed by atoms with Gasteiger partial charge in [-0.2, -0.15) is 0 Å². The summed E-state index contributed by atoms with van der Waals surface area (Å²) in [6.07, 6.45) is 4.60. The number of methoxy groups -OCH3 is 1. The van der Waals surface area contributed by atoms with E-state index in [-0.39, 0.29) is 5.91 Å². The molecule has 1 N–H and O–H groups in total. The third-order valence-corrected chi connectivity index (χ3v) is 5.57. The van der Waals surface area contributed by atoms with Gasteiger partial charge in [-0.3, -0.25) is 14.7 Å². The van der Waals surface area contributed by atoms with Crippen LogP contribution < -0.4 is 10.1 Å². The Kier molecular flexibility index (Phi) is 6.89. The molecular formula is C25H28N4O2. The van der Waals surface area contributed by atoms with Gasteiger partial charge in [-0.25, -0.2) is 4.98 Å². The molecule has 0 aliphatic carbocycles. The topological polar surface area (TPSA) is 67.3 Å². The first-order valence-electron chi connectivity index (χ1n) is 10.7. The van der Waals surface area contributed by atoms with Gasteiger partial charge in [-0.15, -0.1) is 0 Å². The molecule has 1 aliphatic rings. The highest BCUT2D eigenvalue weighted by Gasteiger charge is 2.24. The van der Waals surface area contributed by atoms with Crippen LogP contribution in [0.4, 0.5) is 5.82 Å². The molecule has 0 unspecified atom stereocenters. The summed E-state index contributed by atoms with van der Waals surface area (Å²) in [6.45, 7) is 2.14. The minimum Gasteiger partial charge on any atom is -0.497 e. The second-order valence-corrected chi connectivity index (χ2v) is 7.92. The summed E-state index contributed by atoms with van der Waals surface area (Å²) >= 11 is 0. The Morgan fingerprint density at radius 2 is 2.06 bits per heavy atom. The van der Waals surface area contributed by atoms with Crippen LogP contribution in [0.1, 0.15) is 35.7 Å². The monoisotopic (exact) mass is 416 g/mol. The number of anilines is 1. The van der Waals surface area contributed by atoms with Crippen molar-refractivity contribution in [2.75, 3.05) is 32.1 Å². The minimum absolute atomic E-state index is 0.0286. The highest BCUT2D eigenvalue weighted by molar-refractivity contribution is 5.91. The van der Waals surface area contributed by atoms with E-state index in [1.165, 1.54) is 5.56 Å². The van der Waals surface area contributed by atoms with Crippen molar-refractivity contribution in [3.05, 3.63) is 83.8 Å². The number of ether oxygens (including phenoxy) is 1. The number of nitrogens with zero attached hydrogens (tertiary/aromatic N) is 3. The first-order chi connectivity index (χ1) is 15.2. The van der Waals surface area contributed by atoms with Gasteiger partial charge >= 0.3 is 0 Å². The van der Waals surface area contributed by atoms with Crippen LogP contribution in [0.15, 0.2) is 66.9 Å². The van der Waals surface area contributed by atoms with Crippen LogP contribution in [0.2, 0.25) is 0 Å². The molecule has 1 aliphatic heterocycles. The Bertz CT molecular complexity index is 1010. The van der Waals surface area contributed by atoms with Crippen molar-refractivity contribution in [1.82, 2.24) is 14.9 Å². The summed E-state index contributed by atoms with van der Waals surface area (Å²) in [4.78, 5) is 23.7. The van der Waals surface area contributed by atoms with Gasteiger partial charge in [0.15, 0.2) is 0 Å². The molecule has 1 amide bonds. The van der Waals surface area contributed by atoms with Gasteiger partial charge in [0, 0.05) is 36.5 Å². The van der Waals surface area contributed by atoms with Gasteiger partial charge in [0.1, 0.15) is 11.6 Å². The zero-order valence-electron chi connectivity index (χ0n) is 17.8. The lowest BCUT2D eigenvalue weighted by Gasteiger charge is -2.32. The van der Waals surface area contributed by atoms with Crippen LogP contribution >= 0.6 is 0 Å². The number of pyridine rings is 2. The Balaban J connectivity index is 1.37. The average Bonchev–Trinajstić information content (AvgIpc) is 2.80. The van der Waals surface area contributed by atoms with Gasteiger partial charge in [-0.1, -0.05) is 24.3 Å². The number of benzene rings is 1. The number of hydrogen-bond donors (Lipinski definition) is 1. The molecule has 6 nitrogen and oxygen atoms in total. The van der Waals surface area contributed by atoms with Gasteiger partial charge in [0.25, 0.3) is 0 Å². The lowest BCUT2D eigenvalue weighted by atomic mass is 9.94. The van der Waals surface area contributed by atoms with Crippen LogP contribution in [-0.2, 0) is 11.2 Å². The number of amides is 1. The van der Waals surface area contributed by atoms with Crippen LogP contribution in [0.5, 0.6) is 5.75 Å². The van der Waals surface area contributed by atoms with Crippen molar-refractivity contribution in [3.63, 3.8) is 0 Å². The fourth-order valence-corrected chi connectivity index (χ4v) is 4.08. The summed E-state index contributed by atoms with van der Waals surface area (Å²) in [6, 6.07) is 19.9. The van der Waals surface area contributed by atoms with Crippen molar-refractivity contribution in [2.24, 2.45) is 0 Å². The van der Waals surface area contributed by atoms with Gasteiger partial charge in [-0.05, 0) is 61.3 Å². The molecule has 0 spiro atoms. The number of likely N-dealkylation sites (tertiary alicyclic amines) is 1. The molecule has 0 bridgehead atoms. The van der Waals surface area contributed by atoms with E-state index in [1.54, 1.807) is 19.4 Å². The Morgan fingerprint density at radius 1 is 1.16 bits per heavy atom. The van der Waals surface area contributed by atoms with Gasteiger partial charge in [0.2, 0.25) is 5.91 Å². The van der Waals surface area contributed by atoms with E-state index in [0.29, 0.717) is 18.3 Å². The number of rotatable bonds is 7. The molecule has 6 heteroatoms. The first-order valence-corrected chi connectivity index (χ1v) is 10.7. The minimum atomic E-state index is -0.0286. The summed E-state index contributed by atoms with van der Waals surface area (Å²) in [7, 11) is 1.68. The molecule has 1 saturated heterocycles. The number of aromatic nitrogens is 2. The molecular weight excluding hydrogens is 388 g/mol. The SMILES string of the molecule is COc1cccc(Cc2cccc([C@@H]3CCCN(CC(=O)Nc4ccccn4)C3)n2)c1. The van der Waals surface area contributed by atoms with E-state index >= 15 is 0 Å². The number of carbonyl (C=O) groups excluding carboxylic acids is 1. The molecule has 1 aromatic carbocycles. The number of piperidine rings is 1. The molecule has 4 rings (SSSR count). The van der Waals surface area contributed by atoms with Crippen molar-refractivity contribution >= 4 is 11.7 Å². The normalized spacial score (nSPS) is 16.6. The summed E-state index contributed by atoms with van der Waals surface area (Å²) in [5.74, 6) is 1.76. The highest BCUT2D eigenvalue weighted by Crippen LogP contribution is 2.26. The molecule has 31 heavy (non-hydrogen) atoms. The maximum atomic E-state index is 12.4. The lowest BCUT2D eigenvalue weighted by Crippen LogP contribution is -2.40. The fourth-order valence-electron chi connectivity index (χ4n) is 4.08. The van der Waals surface area contributed by atoms with Crippen molar-refractivity contribution < 1.29 is 9.53 Å². The van der Waals surface area contributed by atoms with Crippen molar-refractivity contribution in [3.8, 4) is 5.75 Å². The molecule has 3 heterocycles. The van der Waals surface area contributed by atoms with E-state index in [9.17, 15) is 4.79 Å². The van der Waals surface area contributed by atoms with E-state index in [2.05, 4.69) is 45.5 Å². The third kappa shape index (κ3) is 5.89. The molecule has 1 atom stereocenters. The van der Waals surface area contributed by atoms with E-state index in [4.69, 9.17) is 9.72 Å². The molecule has 2 aromatic heterocycles. The Morgan fingerprint density at radius 3 is 2.90 bits per heavy atom. The maximum Gasteiger partial charge on any atom is 0.239 e. The number of carbonyl (C=O) groups is 1. The first kappa shape index (κ1) is 21.0. The van der Waals surface area contributed by atoms with Crippen LogP contribution in [0.3, 0.4) is 0 Å². The van der Waals surface area contributed by atoms with Crippen LogP contribution in [-0.4, -0.2) is 47.5 Å². The Hall–Kier alpha value is -3.25. The average molecular weight is 417 g/mol. The molecule has 1 fully saturated rings. The molecule has 3 aromatic rings. The lowest BCUT2D eigenvalue weighted by molar-refractivity contribution is -0.117. The number of hydrogen-bond acceptors (Lipinski definition) is 5. The van der Waals surface area contributed by atoms with Crippen molar-refractivity contribution in [1.29, 1.82) is 0 Å². The highest BCUT2D eigenvalue weighted by atomic mass is 16.5. The van der Waals surface area contributed by atoms with Crippen LogP contribution in [0.25, 0.3) is 0 Å². The maximum absolute atomic E-state index is 12.4. The molecule has 0 saturated carbocycles. The fraction of sp³-hybridized carbons (Fsp3) is 0.320. The van der Waals surface area contributed by atoms with Crippen LogP contribution in [0, 0.1) is 0 Å². The van der Waals surface area contributed by atoms with E-state index in [0.717, 1.165) is 49.5 Å². The smallest absolute Gasteiger partial charge is 0.239 e. The third-order valence-electron chi connectivity index (χ3n) is 5.57. The quantitative estimate of drug-likeness (QED) is 0.633. The summed E-state index contributed by atoms with van der Waals surface area (Å²) in [5, 5.41) is 2.87. The van der Waals surface area contributed by atoms with Gasteiger partial charge in [0.05, 0.1) is 13.7 Å². The summed E-state index contributed by atoms with van der Waals surface area (Å²) in [5.41, 5.74) is 3.34. The van der Waals surface area contributed by atoms with Gasteiger partial charge < -0.3 is 10.1 Å².